The smallest absolute Gasteiger partial charge is 0.255 e. The number of rotatable bonds is 11. The number of aryl methyl sites for hydroxylation is 1. The van der Waals surface area contributed by atoms with E-state index in [2.05, 4.69) is 10.6 Å². The second-order valence-electron chi connectivity index (χ2n) is 7.05. The van der Waals surface area contributed by atoms with Crippen molar-refractivity contribution in [1.29, 1.82) is 0 Å². The third-order valence-electron chi connectivity index (χ3n) is 4.99. The SMILES string of the molecule is CNCCCOCCCc1cccc(C(=O)N(C)C2CCC(=O)NC2=O)c1C=O. The van der Waals surface area contributed by atoms with Crippen molar-refractivity contribution >= 4 is 24.0 Å². The fraction of sp³-hybridized carbons (Fsp3) is 0.524. The molecule has 1 aromatic carbocycles. The number of hydrogen-bond donors (Lipinski definition) is 2. The van der Waals surface area contributed by atoms with Crippen LogP contribution in [0.1, 0.15) is 52.0 Å². The number of ether oxygens (including phenoxy) is 1. The number of imide groups is 1. The average Bonchev–Trinajstić information content (AvgIpc) is 2.71. The molecule has 0 saturated carbocycles. The van der Waals surface area contributed by atoms with Crippen LogP contribution in [0.15, 0.2) is 18.2 Å². The van der Waals surface area contributed by atoms with Crippen LogP contribution in [0.25, 0.3) is 0 Å². The molecule has 1 aromatic rings. The number of nitrogens with one attached hydrogen (secondary N) is 2. The highest BCUT2D eigenvalue weighted by Gasteiger charge is 2.33. The Morgan fingerprint density at radius 1 is 1.31 bits per heavy atom. The molecular weight excluding hydrogens is 374 g/mol. The molecule has 1 aliphatic rings. The van der Waals surface area contributed by atoms with Gasteiger partial charge in [0.15, 0.2) is 6.29 Å². The van der Waals surface area contributed by atoms with Crippen molar-refractivity contribution in [3.05, 3.63) is 34.9 Å². The highest BCUT2D eigenvalue weighted by Crippen LogP contribution is 2.19. The number of carbonyl (C=O) groups excluding carboxylic acids is 4. The van der Waals surface area contributed by atoms with Gasteiger partial charge in [-0.2, -0.15) is 0 Å². The number of benzene rings is 1. The molecule has 1 saturated heterocycles. The summed E-state index contributed by atoms with van der Waals surface area (Å²) in [6, 6.07) is 4.43. The quantitative estimate of drug-likeness (QED) is 0.324. The monoisotopic (exact) mass is 403 g/mol. The van der Waals surface area contributed by atoms with E-state index in [1.54, 1.807) is 12.1 Å². The van der Waals surface area contributed by atoms with E-state index in [0.29, 0.717) is 31.5 Å². The number of nitrogens with zero attached hydrogens (tertiary/aromatic N) is 1. The van der Waals surface area contributed by atoms with Crippen molar-refractivity contribution < 1.29 is 23.9 Å². The van der Waals surface area contributed by atoms with Gasteiger partial charge in [0.05, 0.1) is 5.56 Å². The Balaban J connectivity index is 2.02. The van der Waals surface area contributed by atoms with Crippen molar-refractivity contribution in [2.45, 2.75) is 38.1 Å². The maximum atomic E-state index is 13.0. The molecule has 3 amide bonds. The third-order valence-corrected chi connectivity index (χ3v) is 4.99. The molecule has 0 aliphatic carbocycles. The van der Waals surface area contributed by atoms with Crippen LogP contribution in [0.4, 0.5) is 0 Å². The fourth-order valence-electron chi connectivity index (χ4n) is 3.36. The predicted molar refractivity (Wildman–Crippen MR) is 108 cm³/mol. The van der Waals surface area contributed by atoms with Crippen LogP contribution in [0.2, 0.25) is 0 Å². The molecule has 2 rings (SSSR count). The zero-order valence-electron chi connectivity index (χ0n) is 17.0. The molecular formula is C21H29N3O5. The van der Waals surface area contributed by atoms with Crippen LogP contribution in [0.5, 0.6) is 0 Å². The second kappa shape index (κ2) is 11.4. The summed E-state index contributed by atoms with van der Waals surface area (Å²) < 4.78 is 5.57. The predicted octanol–water partition coefficient (Wildman–Crippen LogP) is 0.935. The first kappa shape index (κ1) is 22.7. The number of carbonyl (C=O) groups is 4. The van der Waals surface area contributed by atoms with Crippen LogP contribution in [0, 0.1) is 0 Å². The molecule has 1 fully saturated rings. The van der Waals surface area contributed by atoms with Gasteiger partial charge in [-0.15, -0.1) is 0 Å². The minimum atomic E-state index is -0.727. The summed E-state index contributed by atoms with van der Waals surface area (Å²) >= 11 is 0. The van der Waals surface area contributed by atoms with Gasteiger partial charge in [0.2, 0.25) is 11.8 Å². The largest absolute Gasteiger partial charge is 0.381 e. The van der Waals surface area contributed by atoms with Gasteiger partial charge in [0.1, 0.15) is 6.04 Å². The van der Waals surface area contributed by atoms with Crippen LogP contribution < -0.4 is 10.6 Å². The highest BCUT2D eigenvalue weighted by molar-refractivity contribution is 6.06. The van der Waals surface area contributed by atoms with Crippen molar-refractivity contribution in [2.75, 3.05) is 33.9 Å². The summed E-state index contributed by atoms with van der Waals surface area (Å²) in [7, 11) is 3.41. The summed E-state index contributed by atoms with van der Waals surface area (Å²) in [6.07, 6.45) is 3.43. The van der Waals surface area contributed by atoms with E-state index >= 15 is 0 Å². The Morgan fingerprint density at radius 3 is 2.76 bits per heavy atom. The van der Waals surface area contributed by atoms with E-state index in [4.69, 9.17) is 4.74 Å². The number of amides is 3. The molecule has 2 N–H and O–H groups in total. The van der Waals surface area contributed by atoms with E-state index in [-0.39, 0.29) is 24.3 Å². The third kappa shape index (κ3) is 6.20. The number of piperidine rings is 1. The lowest BCUT2D eigenvalue weighted by Crippen LogP contribution is -2.53. The van der Waals surface area contributed by atoms with Crippen LogP contribution >= 0.6 is 0 Å². The molecule has 0 bridgehead atoms. The van der Waals surface area contributed by atoms with Crippen molar-refractivity contribution in [3.63, 3.8) is 0 Å². The number of likely N-dealkylation sites (N-methyl/N-ethyl adjacent to an activating group) is 1. The maximum absolute atomic E-state index is 13.0. The molecule has 0 radical (unpaired) electrons. The first-order chi connectivity index (χ1) is 14.0. The van der Waals surface area contributed by atoms with E-state index in [9.17, 15) is 19.2 Å². The molecule has 8 heteroatoms. The van der Waals surface area contributed by atoms with Crippen LogP contribution in [-0.2, 0) is 20.7 Å². The molecule has 0 spiro atoms. The first-order valence-electron chi connectivity index (χ1n) is 9.89. The van der Waals surface area contributed by atoms with Gasteiger partial charge >= 0.3 is 0 Å². The zero-order valence-corrected chi connectivity index (χ0v) is 17.0. The maximum Gasteiger partial charge on any atom is 0.255 e. The first-order valence-corrected chi connectivity index (χ1v) is 9.89. The molecule has 8 nitrogen and oxygen atoms in total. The summed E-state index contributed by atoms with van der Waals surface area (Å²) in [6.45, 7) is 2.16. The van der Waals surface area contributed by atoms with Crippen LogP contribution in [-0.4, -0.2) is 68.8 Å². The fourth-order valence-corrected chi connectivity index (χ4v) is 3.36. The number of hydrogen-bond acceptors (Lipinski definition) is 6. The summed E-state index contributed by atoms with van der Waals surface area (Å²) in [4.78, 5) is 49.4. The van der Waals surface area contributed by atoms with Crippen molar-refractivity contribution in [2.24, 2.45) is 0 Å². The molecule has 1 aliphatic heterocycles. The van der Waals surface area contributed by atoms with Crippen molar-refractivity contribution in [1.82, 2.24) is 15.5 Å². The van der Waals surface area contributed by atoms with E-state index in [1.807, 2.05) is 13.1 Å². The van der Waals surface area contributed by atoms with Gasteiger partial charge in [-0.25, -0.2) is 0 Å². The lowest BCUT2D eigenvalue weighted by molar-refractivity contribution is -0.136. The summed E-state index contributed by atoms with van der Waals surface area (Å²) in [5.74, 6) is -1.24. The minimum Gasteiger partial charge on any atom is -0.381 e. The van der Waals surface area contributed by atoms with E-state index in [0.717, 1.165) is 24.9 Å². The standard InChI is InChI=1S/C21H29N3O5/c1-22-11-5-13-29-12-4-7-15-6-3-8-16(17(15)14-25)21(28)24(2)18-9-10-19(26)23-20(18)27/h3,6,8,14,18,22H,4-5,7,9-13H2,1-2H3,(H,23,26,27). The molecule has 1 heterocycles. The summed E-state index contributed by atoms with van der Waals surface area (Å²) in [5, 5.41) is 5.31. The van der Waals surface area contributed by atoms with Gasteiger partial charge < -0.3 is 15.0 Å². The Labute approximate surface area is 171 Å². The normalized spacial score (nSPS) is 16.4. The van der Waals surface area contributed by atoms with E-state index < -0.39 is 17.9 Å². The molecule has 0 aromatic heterocycles. The minimum absolute atomic E-state index is 0.183. The molecule has 1 unspecified atom stereocenters. The Kier molecular flexibility index (Phi) is 8.95. The molecule has 158 valence electrons. The zero-order chi connectivity index (χ0) is 21.2. The Hall–Kier alpha value is -2.58. The highest BCUT2D eigenvalue weighted by atomic mass is 16.5. The van der Waals surface area contributed by atoms with Gasteiger partial charge in [0, 0.05) is 32.2 Å². The number of aldehydes is 1. The topological polar surface area (TPSA) is 105 Å². The van der Waals surface area contributed by atoms with Gasteiger partial charge in [-0.1, -0.05) is 12.1 Å². The lowest BCUT2D eigenvalue weighted by Gasteiger charge is -2.30. The lowest BCUT2D eigenvalue weighted by atomic mass is 9.96. The molecule has 1 atom stereocenters. The average molecular weight is 403 g/mol. The Bertz CT molecular complexity index is 750. The summed E-state index contributed by atoms with van der Waals surface area (Å²) in [5.41, 5.74) is 1.38. The second-order valence-corrected chi connectivity index (χ2v) is 7.05. The van der Waals surface area contributed by atoms with Crippen LogP contribution in [0.3, 0.4) is 0 Å². The Morgan fingerprint density at radius 2 is 2.07 bits per heavy atom. The van der Waals surface area contributed by atoms with Gasteiger partial charge in [-0.3, -0.25) is 24.5 Å². The molecule has 29 heavy (non-hydrogen) atoms. The van der Waals surface area contributed by atoms with Gasteiger partial charge in [0.25, 0.3) is 5.91 Å². The van der Waals surface area contributed by atoms with E-state index in [1.165, 1.54) is 11.9 Å². The van der Waals surface area contributed by atoms with Gasteiger partial charge in [-0.05, 0) is 50.9 Å². The van der Waals surface area contributed by atoms with Crippen molar-refractivity contribution in [3.8, 4) is 0 Å².